The normalized spacial score (nSPS) is 18.7. The molecule has 1 aromatic rings. The van der Waals surface area contributed by atoms with Crippen molar-refractivity contribution in [3.63, 3.8) is 0 Å². The molecule has 0 spiro atoms. The van der Waals surface area contributed by atoms with Gasteiger partial charge in [0, 0.05) is 33.2 Å². The molecular weight excluding hydrogens is 247 g/mol. The fourth-order valence-corrected chi connectivity index (χ4v) is 2.52. The number of hydrogen-bond donors (Lipinski definition) is 1. The average molecular weight is 266 g/mol. The van der Waals surface area contributed by atoms with Crippen molar-refractivity contribution in [1.29, 1.82) is 0 Å². The molecule has 0 aliphatic carbocycles. The van der Waals surface area contributed by atoms with Gasteiger partial charge in [-0.3, -0.25) is 4.79 Å². The van der Waals surface area contributed by atoms with Crippen LogP contribution in [-0.4, -0.2) is 44.7 Å². The second kappa shape index (κ2) is 6.02. The number of amides is 1. The number of rotatable bonds is 4. The molecule has 1 aliphatic rings. The Kier molecular flexibility index (Phi) is 4.37. The zero-order chi connectivity index (χ0) is 13.8. The number of likely N-dealkylation sites (tertiary alicyclic amines) is 1. The number of carbonyl (C=O) groups is 1. The number of halogens is 1. The van der Waals surface area contributed by atoms with Crippen molar-refractivity contribution >= 4 is 11.6 Å². The standard InChI is InChI=1S/C14H19FN2O2/c1-16-13-11(4-3-5-12(13)15)14(18)17-7-6-10(8-17)9-19-2/h3-5,10,16H,6-9H2,1-2H3. The number of benzene rings is 1. The number of carbonyl (C=O) groups excluding carboxylic acids is 1. The van der Waals surface area contributed by atoms with Crippen molar-refractivity contribution in [2.24, 2.45) is 5.92 Å². The summed E-state index contributed by atoms with van der Waals surface area (Å²) in [6, 6.07) is 4.56. The van der Waals surface area contributed by atoms with Crippen molar-refractivity contribution < 1.29 is 13.9 Å². The lowest BCUT2D eigenvalue weighted by molar-refractivity contribution is 0.0776. The van der Waals surface area contributed by atoms with Gasteiger partial charge in [0.1, 0.15) is 5.82 Å². The number of hydrogen-bond acceptors (Lipinski definition) is 3. The lowest BCUT2D eigenvalue weighted by atomic mass is 10.1. The van der Waals surface area contributed by atoms with Crippen LogP contribution in [0.3, 0.4) is 0 Å². The highest BCUT2D eigenvalue weighted by Gasteiger charge is 2.28. The van der Waals surface area contributed by atoms with Gasteiger partial charge in [-0.25, -0.2) is 4.39 Å². The van der Waals surface area contributed by atoms with E-state index in [1.54, 1.807) is 31.2 Å². The van der Waals surface area contributed by atoms with E-state index in [1.807, 2.05) is 0 Å². The van der Waals surface area contributed by atoms with E-state index in [2.05, 4.69) is 5.32 Å². The summed E-state index contributed by atoms with van der Waals surface area (Å²) in [6.45, 7) is 2.03. The van der Waals surface area contributed by atoms with Crippen LogP contribution in [0, 0.1) is 11.7 Å². The molecule has 104 valence electrons. The van der Waals surface area contributed by atoms with Gasteiger partial charge >= 0.3 is 0 Å². The first-order valence-corrected chi connectivity index (χ1v) is 6.41. The van der Waals surface area contributed by atoms with Gasteiger partial charge in [-0.15, -0.1) is 0 Å². The van der Waals surface area contributed by atoms with E-state index in [9.17, 15) is 9.18 Å². The van der Waals surface area contributed by atoms with Crippen LogP contribution < -0.4 is 5.32 Å². The Morgan fingerprint density at radius 2 is 2.37 bits per heavy atom. The highest BCUT2D eigenvalue weighted by molar-refractivity contribution is 5.99. The molecule has 1 fully saturated rings. The molecule has 0 radical (unpaired) electrons. The zero-order valence-corrected chi connectivity index (χ0v) is 11.3. The molecule has 5 heteroatoms. The molecule has 0 aromatic heterocycles. The molecule has 1 aliphatic heterocycles. The molecule has 1 aromatic carbocycles. The van der Waals surface area contributed by atoms with Gasteiger partial charge in [0.05, 0.1) is 17.9 Å². The molecule has 0 saturated carbocycles. The monoisotopic (exact) mass is 266 g/mol. The van der Waals surface area contributed by atoms with Crippen LogP contribution in [0.4, 0.5) is 10.1 Å². The fraction of sp³-hybridized carbons (Fsp3) is 0.500. The predicted octanol–water partition coefficient (Wildman–Crippen LogP) is 1.98. The molecule has 1 amide bonds. The van der Waals surface area contributed by atoms with E-state index < -0.39 is 5.82 Å². The minimum atomic E-state index is -0.402. The van der Waals surface area contributed by atoms with E-state index >= 15 is 0 Å². The summed E-state index contributed by atoms with van der Waals surface area (Å²) < 4.78 is 18.8. The second-order valence-corrected chi connectivity index (χ2v) is 4.77. The number of ether oxygens (including phenoxy) is 1. The highest BCUT2D eigenvalue weighted by Crippen LogP contribution is 2.24. The van der Waals surface area contributed by atoms with Crippen LogP contribution in [0.5, 0.6) is 0 Å². The molecule has 0 bridgehead atoms. The summed E-state index contributed by atoms with van der Waals surface area (Å²) in [5.41, 5.74) is 0.656. The SMILES string of the molecule is CNc1c(F)cccc1C(=O)N1CCC(COC)C1. The quantitative estimate of drug-likeness (QED) is 0.906. The van der Waals surface area contributed by atoms with Gasteiger partial charge in [-0.1, -0.05) is 6.07 Å². The Balaban J connectivity index is 2.15. The summed E-state index contributed by atoms with van der Waals surface area (Å²) in [7, 11) is 3.28. The van der Waals surface area contributed by atoms with Crippen LogP contribution in [0.15, 0.2) is 18.2 Å². The molecule has 1 N–H and O–H groups in total. The van der Waals surface area contributed by atoms with Crippen LogP contribution in [0.2, 0.25) is 0 Å². The first kappa shape index (κ1) is 13.8. The molecule has 19 heavy (non-hydrogen) atoms. The van der Waals surface area contributed by atoms with E-state index in [0.29, 0.717) is 31.2 Å². The Labute approximate surface area is 112 Å². The maximum atomic E-state index is 13.6. The van der Waals surface area contributed by atoms with Crippen LogP contribution in [0.1, 0.15) is 16.8 Å². The maximum absolute atomic E-state index is 13.6. The minimum Gasteiger partial charge on any atom is -0.385 e. The number of nitrogens with zero attached hydrogens (tertiary/aromatic N) is 1. The number of methoxy groups -OCH3 is 1. The minimum absolute atomic E-state index is 0.123. The van der Waals surface area contributed by atoms with Crippen molar-refractivity contribution in [3.8, 4) is 0 Å². The molecule has 4 nitrogen and oxygen atoms in total. The zero-order valence-electron chi connectivity index (χ0n) is 11.3. The van der Waals surface area contributed by atoms with Crippen molar-refractivity contribution in [2.45, 2.75) is 6.42 Å². The van der Waals surface area contributed by atoms with E-state index in [-0.39, 0.29) is 11.6 Å². The van der Waals surface area contributed by atoms with E-state index in [0.717, 1.165) is 6.42 Å². The maximum Gasteiger partial charge on any atom is 0.256 e. The predicted molar refractivity (Wildman–Crippen MR) is 71.8 cm³/mol. The third-order valence-electron chi connectivity index (χ3n) is 3.47. The summed E-state index contributed by atoms with van der Waals surface area (Å²) in [5, 5.41) is 2.76. The van der Waals surface area contributed by atoms with Crippen LogP contribution in [-0.2, 0) is 4.74 Å². The van der Waals surface area contributed by atoms with Crippen LogP contribution in [0.25, 0.3) is 0 Å². The summed E-state index contributed by atoms with van der Waals surface area (Å²) in [6.07, 6.45) is 0.934. The van der Waals surface area contributed by atoms with Gasteiger partial charge in [0.2, 0.25) is 0 Å². The Bertz CT molecular complexity index is 465. The topological polar surface area (TPSA) is 41.6 Å². The highest BCUT2D eigenvalue weighted by atomic mass is 19.1. The first-order chi connectivity index (χ1) is 9.17. The molecule has 1 unspecified atom stereocenters. The van der Waals surface area contributed by atoms with Crippen molar-refractivity contribution in [3.05, 3.63) is 29.6 Å². The lowest BCUT2D eigenvalue weighted by Crippen LogP contribution is -2.30. The second-order valence-electron chi connectivity index (χ2n) is 4.77. The summed E-state index contributed by atoms with van der Waals surface area (Å²) in [5.74, 6) is -0.149. The van der Waals surface area contributed by atoms with Gasteiger partial charge in [0.15, 0.2) is 0 Å². The first-order valence-electron chi connectivity index (χ1n) is 6.41. The third-order valence-corrected chi connectivity index (χ3v) is 3.47. The summed E-state index contributed by atoms with van der Waals surface area (Å²) in [4.78, 5) is 14.2. The van der Waals surface area contributed by atoms with Gasteiger partial charge in [0.25, 0.3) is 5.91 Å². The Hall–Kier alpha value is -1.62. The van der Waals surface area contributed by atoms with E-state index in [1.165, 1.54) is 6.07 Å². The third kappa shape index (κ3) is 2.87. The number of para-hydroxylation sites is 1. The fourth-order valence-electron chi connectivity index (χ4n) is 2.52. The Morgan fingerprint density at radius 3 is 3.05 bits per heavy atom. The van der Waals surface area contributed by atoms with Gasteiger partial charge in [-0.2, -0.15) is 0 Å². The Morgan fingerprint density at radius 1 is 1.58 bits per heavy atom. The number of nitrogens with one attached hydrogen (secondary N) is 1. The summed E-state index contributed by atoms with van der Waals surface area (Å²) >= 11 is 0. The van der Waals surface area contributed by atoms with Gasteiger partial charge in [-0.05, 0) is 18.6 Å². The molecule has 1 saturated heterocycles. The molecular formula is C14H19FN2O2. The van der Waals surface area contributed by atoms with Crippen molar-refractivity contribution in [2.75, 3.05) is 39.2 Å². The van der Waals surface area contributed by atoms with Gasteiger partial charge < -0.3 is 15.0 Å². The van der Waals surface area contributed by atoms with E-state index in [4.69, 9.17) is 4.74 Å². The molecule has 2 rings (SSSR count). The van der Waals surface area contributed by atoms with Crippen LogP contribution >= 0.6 is 0 Å². The number of anilines is 1. The smallest absolute Gasteiger partial charge is 0.256 e. The molecule has 1 heterocycles. The lowest BCUT2D eigenvalue weighted by Gasteiger charge is -2.18. The largest absolute Gasteiger partial charge is 0.385 e. The van der Waals surface area contributed by atoms with Crippen molar-refractivity contribution in [1.82, 2.24) is 4.90 Å². The molecule has 1 atom stereocenters. The average Bonchev–Trinajstić information content (AvgIpc) is 2.86.